The quantitative estimate of drug-likeness (QED) is 0.578. The summed E-state index contributed by atoms with van der Waals surface area (Å²) in [4.78, 5) is 34.6. The third-order valence-electron chi connectivity index (χ3n) is 3.13. The molecule has 1 aromatic heterocycles. The molecule has 26 heavy (non-hydrogen) atoms. The molecule has 0 bridgehead atoms. The Labute approximate surface area is 149 Å². The molecule has 2 aromatic rings. The molecule has 0 fully saturated rings. The zero-order chi connectivity index (χ0) is 18.8. The Bertz CT molecular complexity index is 765. The van der Waals surface area contributed by atoms with E-state index in [0.29, 0.717) is 11.5 Å². The van der Waals surface area contributed by atoms with Gasteiger partial charge in [-0.25, -0.2) is 9.59 Å². The number of amides is 3. The molecule has 0 aliphatic carbocycles. The van der Waals surface area contributed by atoms with Gasteiger partial charge in [0.05, 0.1) is 19.9 Å². The molecule has 0 radical (unpaired) electrons. The first kappa shape index (κ1) is 18.8. The van der Waals surface area contributed by atoms with Gasteiger partial charge in [-0.1, -0.05) is 12.1 Å². The number of esters is 1. The normalized spacial score (nSPS) is 10.3. The van der Waals surface area contributed by atoms with Gasteiger partial charge in [0, 0.05) is 6.08 Å². The largest absolute Gasteiger partial charge is 0.497 e. The fourth-order valence-corrected chi connectivity index (χ4v) is 1.85. The summed E-state index contributed by atoms with van der Waals surface area (Å²) in [5.74, 6) is -0.200. The molecule has 3 amide bonds. The van der Waals surface area contributed by atoms with Gasteiger partial charge >= 0.3 is 12.0 Å². The Balaban J connectivity index is 1.67. The highest BCUT2D eigenvalue weighted by Gasteiger charge is 2.10. The first-order valence-corrected chi connectivity index (χ1v) is 7.66. The number of urea groups is 1. The van der Waals surface area contributed by atoms with Crippen molar-refractivity contribution in [3.63, 3.8) is 0 Å². The molecular formula is C18H18N2O6. The fraction of sp³-hybridized carbons (Fsp3) is 0.167. The van der Waals surface area contributed by atoms with Crippen LogP contribution < -0.4 is 15.4 Å². The van der Waals surface area contributed by atoms with Crippen molar-refractivity contribution < 1.29 is 28.3 Å². The number of hydrogen-bond donors (Lipinski definition) is 2. The number of benzene rings is 1. The van der Waals surface area contributed by atoms with Crippen LogP contribution in [0.4, 0.5) is 4.79 Å². The number of rotatable bonds is 7. The Morgan fingerprint density at radius 2 is 1.92 bits per heavy atom. The molecular weight excluding hydrogens is 340 g/mol. The van der Waals surface area contributed by atoms with Crippen molar-refractivity contribution >= 4 is 24.0 Å². The van der Waals surface area contributed by atoms with Crippen LogP contribution in [0.5, 0.6) is 5.75 Å². The molecule has 0 saturated heterocycles. The van der Waals surface area contributed by atoms with Crippen LogP contribution >= 0.6 is 0 Å². The first-order valence-electron chi connectivity index (χ1n) is 7.66. The first-order chi connectivity index (χ1) is 12.6. The highest BCUT2D eigenvalue weighted by Crippen LogP contribution is 2.12. The highest BCUT2D eigenvalue weighted by atomic mass is 16.5. The zero-order valence-corrected chi connectivity index (χ0v) is 14.1. The number of carbonyl (C=O) groups excluding carboxylic acids is 3. The van der Waals surface area contributed by atoms with E-state index in [1.165, 1.54) is 18.4 Å². The minimum absolute atomic E-state index is 0.135. The minimum Gasteiger partial charge on any atom is -0.497 e. The molecule has 136 valence electrons. The van der Waals surface area contributed by atoms with Gasteiger partial charge in [-0.15, -0.1) is 0 Å². The Kier molecular flexibility index (Phi) is 6.99. The number of furan rings is 1. The monoisotopic (exact) mass is 358 g/mol. The summed E-state index contributed by atoms with van der Waals surface area (Å²) >= 11 is 0. The van der Waals surface area contributed by atoms with Gasteiger partial charge in [-0.05, 0) is 35.9 Å². The summed E-state index contributed by atoms with van der Waals surface area (Å²) in [5, 5.41) is 4.47. The van der Waals surface area contributed by atoms with Crippen LogP contribution in [0.3, 0.4) is 0 Å². The lowest BCUT2D eigenvalue weighted by Gasteiger charge is -2.05. The van der Waals surface area contributed by atoms with E-state index in [-0.39, 0.29) is 6.54 Å². The average Bonchev–Trinajstić information content (AvgIpc) is 3.17. The summed E-state index contributed by atoms with van der Waals surface area (Å²) < 4.78 is 14.8. The maximum atomic E-state index is 11.6. The van der Waals surface area contributed by atoms with Crippen molar-refractivity contribution in [2.24, 2.45) is 0 Å². The predicted molar refractivity (Wildman–Crippen MR) is 92.1 cm³/mol. The molecule has 0 unspecified atom stereocenters. The number of hydrogen-bond acceptors (Lipinski definition) is 6. The second kappa shape index (κ2) is 9.67. The lowest BCUT2D eigenvalue weighted by atomic mass is 10.2. The smallest absolute Gasteiger partial charge is 0.331 e. The molecule has 1 heterocycles. The SMILES string of the molecule is COc1ccc(/C=C/C(=O)OCC(=O)NC(=O)NCc2ccco2)cc1. The summed E-state index contributed by atoms with van der Waals surface area (Å²) in [7, 11) is 1.56. The van der Waals surface area contributed by atoms with E-state index < -0.39 is 24.5 Å². The van der Waals surface area contributed by atoms with Gasteiger partial charge in [0.15, 0.2) is 6.61 Å². The Morgan fingerprint density at radius 1 is 1.15 bits per heavy atom. The van der Waals surface area contributed by atoms with Gasteiger partial charge in [0.25, 0.3) is 5.91 Å². The topological polar surface area (TPSA) is 107 Å². The van der Waals surface area contributed by atoms with E-state index in [4.69, 9.17) is 13.9 Å². The van der Waals surface area contributed by atoms with Crippen molar-refractivity contribution in [3.05, 3.63) is 60.1 Å². The van der Waals surface area contributed by atoms with Crippen LogP contribution in [0.2, 0.25) is 0 Å². The number of nitrogens with one attached hydrogen (secondary N) is 2. The molecule has 2 N–H and O–H groups in total. The van der Waals surface area contributed by atoms with Gasteiger partial charge in [-0.3, -0.25) is 10.1 Å². The summed E-state index contributed by atoms with van der Waals surface area (Å²) in [6.45, 7) is -0.434. The summed E-state index contributed by atoms with van der Waals surface area (Å²) in [6, 6.07) is 9.67. The van der Waals surface area contributed by atoms with Crippen molar-refractivity contribution in [2.75, 3.05) is 13.7 Å². The van der Waals surface area contributed by atoms with E-state index in [2.05, 4.69) is 5.32 Å². The molecule has 0 saturated carbocycles. The van der Waals surface area contributed by atoms with E-state index in [1.807, 2.05) is 5.32 Å². The molecule has 0 atom stereocenters. The maximum absolute atomic E-state index is 11.6. The highest BCUT2D eigenvalue weighted by molar-refractivity contribution is 5.96. The van der Waals surface area contributed by atoms with E-state index in [1.54, 1.807) is 43.5 Å². The van der Waals surface area contributed by atoms with Crippen molar-refractivity contribution in [3.8, 4) is 5.75 Å². The van der Waals surface area contributed by atoms with Crippen LogP contribution in [0.25, 0.3) is 6.08 Å². The Hall–Kier alpha value is -3.55. The molecule has 0 aliphatic rings. The van der Waals surface area contributed by atoms with Crippen LogP contribution in [0.1, 0.15) is 11.3 Å². The minimum atomic E-state index is -0.742. The van der Waals surface area contributed by atoms with Gasteiger partial charge in [0.2, 0.25) is 0 Å². The van der Waals surface area contributed by atoms with Crippen LogP contribution in [0, 0.1) is 0 Å². The molecule has 2 rings (SSSR count). The predicted octanol–water partition coefficient (Wildman–Crippen LogP) is 1.87. The zero-order valence-electron chi connectivity index (χ0n) is 14.1. The van der Waals surface area contributed by atoms with Crippen LogP contribution in [0.15, 0.2) is 53.2 Å². The number of imide groups is 1. The van der Waals surface area contributed by atoms with E-state index in [0.717, 1.165) is 5.56 Å². The second-order valence-corrected chi connectivity index (χ2v) is 5.02. The molecule has 0 aliphatic heterocycles. The summed E-state index contributed by atoms with van der Waals surface area (Å²) in [5.41, 5.74) is 0.768. The number of ether oxygens (including phenoxy) is 2. The average molecular weight is 358 g/mol. The fourth-order valence-electron chi connectivity index (χ4n) is 1.85. The lowest BCUT2D eigenvalue weighted by Crippen LogP contribution is -2.41. The van der Waals surface area contributed by atoms with Gasteiger partial charge < -0.3 is 19.2 Å². The standard InChI is InChI=1S/C18H18N2O6/c1-24-14-7-4-13(5-8-14)6-9-17(22)26-12-16(21)20-18(23)19-11-15-3-2-10-25-15/h2-10H,11-12H2,1H3,(H2,19,20,21,23)/b9-6+. The third-order valence-corrected chi connectivity index (χ3v) is 3.13. The van der Waals surface area contributed by atoms with Gasteiger partial charge in [0.1, 0.15) is 11.5 Å². The van der Waals surface area contributed by atoms with Crippen LogP contribution in [-0.4, -0.2) is 31.6 Å². The van der Waals surface area contributed by atoms with E-state index in [9.17, 15) is 14.4 Å². The third kappa shape index (κ3) is 6.52. The molecule has 8 heteroatoms. The van der Waals surface area contributed by atoms with Crippen LogP contribution in [-0.2, 0) is 20.9 Å². The van der Waals surface area contributed by atoms with Gasteiger partial charge in [-0.2, -0.15) is 0 Å². The molecule has 0 spiro atoms. The summed E-state index contributed by atoms with van der Waals surface area (Å²) in [6.07, 6.45) is 4.20. The van der Waals surface area contributed by atoms with E-state index >= 15 is 0 Å². The molecule has 8 nitrogen and oxygen atoms in total. The molecule has 1 aromatic carbocycles. The second-order valence-electron chi connectivity index (χ2n) is 5.02. The lowest BCUT2D eigenvalue weighted by molar-refractivity contribution is -0.143. The maximum Gasteiger partial charge on any atom is 0.331 e. The Morgan fingerprint density at radius 3 is 2.58 bits per heavy atom. The number of methoxy groups -OCH3 is 1. The van der Waals surface area contributed by atoms with Crippen molar-refractivity contribution in [1.29, 1.82) is 0 Å². The van der Waals surface area contributed by atoms with Crippen molar-refractivity contribution in [1.82, 2.24) is 10.6 Å². The van der Waals surface area contributed by atoms with Crippen molar-refractivity contribution in [2.45, 2.75) is 6.54 Å². The number of carbonyl (C=O) groups is 3.